The minimum absolute atomic E-state index is 0.0659. The molecule has 2 aliphatic rings. The first-order valence-electron chi connectivity index (χ1n) is 14.4. The van der Waals surface area contributed by atoms with Gasteiger partial charge in [0, 0.05) is 12.5 Å². The molecule has 222 valence electrons. The lowest BCUT2D eigenvalue weighted by Gasteiger charge is -2.40. The summed E-state index contributed by atoms with van der Waals surface area (Å²) in [4.78, 5) is 0. The number of rotatable bonds is 13. The van der Waals surface area contributed by atoms with Crippen molar-refractivity contribution in [3.8, 4) is 28.7 Å². The summed E-state index contributed by atoms with van der Waals surface area (Å²) in [5.74, 6) is 0.698. The predicted molar refractivity (Wildman–Crippen MR) is 151 cm³/mol. The molecule has 1 aliphatic heterocycles. The number of benzene rings is 2. The van der Waals surface area contributed by atoms with Crippen molar-refractivity contribution in [3.05, 3.63) is 41.5 Å². The number of hydrogen-bond donors (Lipinski definition) is 5. The van der Waals surface area contributed by atoms with Gasteiger partial charge in [-0.3, -0.25) is 0 Å². The zero-order chi connectivity index (χ0) is 28.7. The third-order valence-electron chi connectivity index (χ3n) is 8.42. The first kappa shape index (κ1) is 30.2. The van der Waals surface area contributed by atoms with Crippen LogP contribution in [0.3, 0.4) is 0 Å². The fourth-order valence-corrected chi connectivity index (χ4v) is 6.27. The zero-order valence-corrected chi connectivity index (χ0v) is 23.9. The minimum atomic E-state index is -0.676. The number of aryl methyl sites for hydroxylation is 1. The van der Waals surface area contributed by atoms with E-state index in [1.807, 2.05) is 6.07 Å². The van der Waals surface area contributed by atoms with Crippen molar-refractivity contribution in [1.82, 2.24) is 5.32 Å². The quantitative estimate of drug-likeness (QED) is 0.245. The average Bonchev–Trinajstić information content (AvgIpc) is 3.42. The molecule has 2 fully saturated rings. The third-order valence-corrected chi connectivity index (χ3v) is 8.42. The molecule has 1 aliphatic carbocycles. The highest BCUT2D eigenvalue weighted by Crippen LogP contribution is 2.46. The lowest BCUT2D eigenvalue weighted by atomic mass is 9.82. The van der Waals surface area contributed by atoms with Gasteiger partial charge < -0.3 is 44.7 Å². The van der Waals surface area contributed by atoms with Gasteiger partial charge in [-0.15, -0.1) is 0 Å². The summed E-state index contributed by atoms with van der Waals surface area (Å²) >= 11 is 0. The number of phenols is 2. The Labute approximate surface area is 237 Å². The van der Waals surface area contributed by atoms with Gasteiger partial charge in [0.05, 0.1) is 38.1 Å². The number of likely N-dealkylation sites (N-methyl/N-ethyl adjacent to an activating group) is 1. The van der Waals surface area contributed by atoms with Crippen LogP contribution >= 0.6 is 0 Å². The lowest BCUT2D eigenvalue weighted by molar-refractivity contribution is -0.144. The Morgan fingerprint density at radius 3 is 2.40 bits per heavy atom. The number of hydrogen-bond acceptors (Lipinski definition) is 9. The van der Waals surface area contributed by atoms with Crippen LogP contribution in [0.15, 0.2) is 30.3 Å². The summed E-state index contributed by atoms with van der Waals surface area (Å²) in [6.07, 6.45) is 5.01. The summed E-state index contributed by atoms with van der Waals surface area (Å²) in [6, 6.07) is 8.77. The molecule has 0 radical (unpaired) electrons. The van der Waals surface area contributed by atoms with Crippen LogP contribution in [0.1, 0.15) is 69.1 Å². The van der Waals surface area contributed by atoms with Crippen LogP contribution in [0.5, 0.6) is 28.7 Å². The second kappa shape index (κ2) is 13.8. The second-order valence-corrected chi connectivity index (χ2v) is 11.1. The van der Waals surface area contributed by atoms with E-state index in [4.69, 9.17) is 18.9 Å². The molecule has 9 heteroatoms. The van der Waals surface area contributed by atoms with Crippen molar-refractivity contribution in [2.75, 3.05) is 34.0 Å². The Bertz CT molecular complexity index is 1100. The highest BCUT2D eigenvalue weighted by Gasteiger charge is 2.39. The number of aromatic hydroxyl groups is 2. The summed E-state index contributed by atoms with van der Waals surface area (Å²) in [7, 11) is 3.01. The maximum absolute atomic E-state index is 11.1. The van der Waals surface area contributed by atoms with Gasteiger partial charge in [-0.1, -0.05) is 25.8 Å². The van der Waals surface area contributed by atoms with Crippen molar-refractivity contribution in [3.63, 3.8) is 0 Å². The van der Waals surface area contributed by atoms with Crippen LogP contribution in [0, 0.1) is 5.92 Å². The van der Waals surface area contributed by atoms with Crippen molar-refractivity contribution in [2.24, 2.45) is 5.92 Å². The van der Waals surface area contributed by atoms with E-state index < -0.39 is 12.2 Å². The van der Waals surface area contributed by atoms with Gasteiger partial charge >= 0.3 is 0 Å². The molecule has 0 amide bonds. The SMILES string of the molecule is CCNC1(COc2cc([C@@H]3O[C@@H](CCc4ccc(O)c(OC)c4)C[C@H](O)[C@@H]3CCO)cc(OC)c2O)CCCC1. The van der Waals surface area contributed by atoms with Gasteiger partial charge in [0.25, 0.3) is 0 Å². The predicted octanol–water partition coefficient (Wildman–Crippen LogP) is 4.24. The van der Waals surface area contributed by atoms with Crippen LogP contribution in [0.2, 0.25) is 0 Å². The van der Waals surface area contributed by atoms with Crippen molar-refractivity contribution < 1.29 is 39.4 Å². The number of ether oxygens (including phenoxy) is 4. The van der Waals surface area contributed by atoms with E-state index in [0.717, 1.165) is 43.4 Å². The minimum Gasteiger partial charge on any atom is -0.504 e. The van der Waals surface area contributed by atoms with Gasteiger partial charge in [0.2, 0.25) is 5.75 Å². The largest absolute Gasteiger partial charge is 0.504 e. The molecule has 0 bridgehead atoms. The van der Waals surface area contributed by atoms with Crippen molar-refractivity contribution in [1.29, 1.82) is 0 Å². The number of phenolic OH excluding ortho intramolecular Hbond substituents is 2. The highest BCUT2D eigenvalue weighted by molar-refractivity contribution is 5.53. The van der Waals surface area contributed by atoms with Crippen LogP contribution in [-0.4, -0.2) is 72.2 Å². The molecule has 0 aromatic heterocycles. The number of aliphatic hydroxyl groups is 2. The van der Waals surface area contributed by atoms with E-state index in [1.165, 1.54) is 14.2 Å². The standard InChI is InChI=1S/C31H45NO8/c1-4-32-31(12-5-6-13-31)19-39-28-17-21(16-27(38-3)29(28)36)30-23(11-14-33)25(35)18-22(40-30)9-7-20-8-10-24(34)26(15-20)37-2/h8,10,15-17,22-23,25,30,32-36H,4-7,9,11-14,18-19H2,1-3H3/t22-,23-,25-,30-/m0/s1. The molecule has 9 nitrogen and oxygen atoms in total. The molecular weight excluding hydrogens is 514 g/mol. The third kappa shape index (κ3) is 6.94. The smallest absolute Gasteiger partial charge is 0.200 e. The fourth-order valence-electron chi connectivity index (χ4n) is 6.27. The molecule has 4 atom stereocenters. The monoisotopic (exact) mass is 559 g/mol. The first-order chi connectivity index (χ1) is 19.3. The zero-order valence-electron chi connectivity index (χ0n) is 23.9. The second-order valence-electron chi connectivity index (χ2n) is 11.1. The van der Waals surface area contributed by atoms with E-state index in [0.29, 0.717) is 43.8 Å². The molecule has 0 spiro atoms. The number of aliphatic hydroxyl groups excluding tert-OH is 2. The van der Waals surface area contributed by atoms with Crippen molar-refractivity contribution >= 4 is 0 Å². The molecule has 2 aromatic carbocycles. The molecule has 1 heterocycles. The molecule has 2 aromatic rings. The maximum atomic E-state index is 11.1. The lowest BCUT2D eigenvalue weighted by Crippen LogP contribution is -2.47. The van der Waals surface area contributed by atoms with Crippen LogP contribution in [-0.2, 0) is 11.2 Å². The Balaban J connectivity index is 1.56. The molecular formula is C31H45NO8. The summed E-state index contributed by atoms with van der Waals surface area (Å²) in [6.45, 7) is 3.27. The fraction of sp³-hybridized carbons (Fsp3) is 0.613. The highest BCUT2D eigenvalue weighted by atomic mass is 16.5. The summed E-state index contributed by atoms with van der Waals surface area (Å²) < 4.78 is 23.6. The van der Waals surface area contributed by atoms with E-state index >= 15 is 0 Å². The van der Waals surface area contributed by atoms with E-state index in [9.17, 15) is 20.4 Å². The Hall–Kier alpha value is -2.72. The Morgan fingerprint density at radius 2 is 1.73 bits per heavy atom. The molecule has 40 heavy (non-hydrogen) atoms. The molecule has 0 unspecified atom stereocenters. The summed E-state index contributed by atoms with van der Waals surface area (Å²) in [5.41, 5.74) is 1.59. The van der Waals surface area contributed by atoms with Gasteiger partial charge in [-0.05, 0) is 80.5 Å². The maximum Gasteiger partial charge on any atom is 0.200 e. The Kier molecular flexibility index (Phi) is 10.4. The van der Waals surface area contributed by atoms with Crippen molar-refractivity contribution in [2.45, 2.75) is 82.1 Å². The normalized spacial score (nSPS) is 24.1. The molecule has 4 rings (SSSR count). The van der Waals surface area contributed by atoms with Gasteiger partial charge in [0.15, 0.2) is 23.0 Å². The van der Waals surface area contributed by atoms with E-state index in [-0.39, 0.29) is 41.4 Å². The molecule has 5 N–H and O–H groups in total. The number of methoxy groups -OCH3 is 2. The summed E-state index contributed by atoms with van der Waals surface area (Å²) in [5, 5.41) is 45.3. The average molecular weight is 560 g/mol. The Morgan fingerprint density at radius 1 is 1.00 bits per heavy atom. The van der Waals surface area contributed by atoms with E-state index in [1.54, 1.807) is 24.3 Å². The number of nitrogens with one attached hydrogen (secondary N) is 1. The topological polar surface area (TPSA) is 130 Å². The van der Waals surface area contributed by atoms with Gasteiger partial charge in [-0.25, -0.2) is 0 Å². The van der Waals surface area contributed by atoms with Crippen LogP contribution < -0.4 is 19.5 Å². The first-order valence-corrected chi connectivity index (χ1v) is 14.4. The molecule has 1 saturated carbocycles. The van der Waals surface area contributed by atoms with Crippen LogP contribution in [0.25, 0.3) is 0 Å². The van der Waals surface area contributed by atoms with Gasteiger partial charge in [-0.2, -0.15) is 0 Å². The van der Waals surface area contributed by atoms with Crippen LogP contribution in [0.4, 0.5) is 0 Å². The molecule has 1 saturated heterocycles. The van der Waals surface area contributed by atoms with Gasteiger partial charge in [0.1, 0.15) is 6.61 Å². The van der Waals surface area contributed by atoms with E-state index in [2.05, 4.69) is 12.2 Å².